The van der Waals surface area contributed by atoms with Gasteiger partial charge in [-0.3, -0.25) is 4.79 Å². The number of halogens is 2. The Hall–Kier alpha value is -2.11. The fourth-order valence-electron chi connectivity index (χ4n) is 3.50. The molecule has 0 atom stereocenters. The molecule has 5 nitrogen and oxygen atoms in total. The quantitative estimate of drug-likeness (QED) is 0.418. The second kappa shape index (κ2) is 7.13. The van der Waals surface area contributed by atoms with Crippen LogP contribution in [-0.2, 0) is 4.74 Å². The smallest absolute Gasteiger partial charge is 0.340 e. The molecule has 7 heteroatoms. The van der Waals surface area contributed by atoms with Gasteiger partial charge in [-0.2, -0.15) is 0 Å². The summed E-state index contributed by atoms with van der Waals surface area (Å²) in [4.78, 5) is 29.8. The number of carbonyl (C=O) groups is 1. The van der Waals surface area contributed by atoms with Crippen LogP contribution in [0, 0.1) is 6.92 Å². The standard InChI is InChI=1S/C20H17Cl2NO4/c1-10-13(20(25)26-12-5-3-2-4-6-12)9-15-17(24)14-7-11(21)8-16(22)18(14)27-19(15)23-10/h7-9,12H,2-6H2,1H3. The van der Waals surface area contributed by atoms with Crippen LogP contribution in [0.15, 0.2) is 27.4 Å². The Morgan fingerprint density at radius 3 is 2.63 bits per heavy atom. The molecule has 2 heterocycles. The Balaban J connectivity index is 1.82. The van der Waals surface area contributed by atoms with Gasteiger partial charge in [0, 0.05) is 5.02 Å². The highest BCUT2D eigenvalue weighted by Gasteiger charge is 2.22. The maximum Gasteiger partial charge on any atom is 0.340 e. The van der Waals surface area contributed by atoms with Crippen molar-refractivity contribution in [3.8, 4) is 0 Å². The fraction of sp³-hybridized carbons (Fsp3) is 0.350. The van der Waals surface area contributed by atoms with E-state index in [4.69, 9.17) is 32.4 Å². The molecule has 0 bridgehead atoms. The average Bonchev–Trinajstić information content (AvgIpc) is 2.63. The van der Waals surface area contributed by atoms with Crippen molar-refractivity contribution in [2.24, 2.45) is 0 Å². The second-order valence-electron chi connectivity index (χ2n) is 6.83. The van der Waals surface area contributed by atoms with Crippen molar-refractivity contribution < 1.29 is 13.9 Å². The number of nitrogens with zero attached hydrogens (tertiary/aromatic N) is 1. The van der Waals surface area contributed by atoms with Gasteiger partial charge in [0.2, 0.25) is 11.1 Å². The summed E-state index contributed by atoms with van der Waals surface area (Å²) >= 11 is 12.2. The van der Waals surface area contributed by atoms with Crippen LogP contribution in [0.1, 0.15) is 48.2 Å². The number of carbonyl (C=O) groups excluding carboxylic acids is 1. The number of benzene rings is 1. The van der Waals surface area contributed by atoms with Gasteiger partial charge in [-0.05, 0) is 50.8 Å². The minimum atomic E-state index is -0.461. The molecule has 2 aromatic heterocycles. The van der Waals surface area contributed by atoms with Crippen molar-refractivity contribution in [3.05, 3.63) is 49.7 Å². The van der Waals surface area contributed by atoms with E-state index in [1.807, 2.05) is 0 Å². The summed E-state index contributed by atoms with van der Waals surface area (Å²) in [5.74, 6) is -0.461. The summed E-state index contributed by atoms with van der Waals surface area (Å²) in [6.07, 6.45) is 4.95. The van der Waals surface area contributed by atoms with Crippen molar-refractivity contribution in [3.63, 3.8) is 0 Å². The molecule has 4 rings (SSSR count). The zero-order valence-electron chi connectivity index (χ0n) is 14.7. The minimum Gasteiger partial charge on any atom is -0.459 e. The van der Waals surface area contributed by atoms with Crippen molar-refractivity contribution in [1.82, 2.24) is 4.98 Å². The van der Waals surface area contributed by atoms with E-state index in [1.54, 1.807) is 6.92 Å². The van der Waals surface area contributed by atoms with Crippen molar-refractivity contribution in [2.45, 2.75) is 45.1 Å². The molecule has 1 aliphatic carbocycles. The molecule has 1 aliphatic rings. The summed E-state index contributed by atoms with van der Waals surface area (Å²) in [7, 11) is 0. The van der Waals surface area contributed by atoms with Crippen molar-refractivity contribution in [2.75, 3.05) is 0 Å². The topological polar surface area (TPSA) is 69.4 Å². The molecule has 1 aromatic carbocycles. The lowest BCUT2D eigenvalue weighted by atomic mass is 9.98. The molecule has 1 fully saturated rings. The summed E-state index contributed by atoms with van der Waals surface area (Å²) in [6.45, 7) is 1.69. The molecule has 0 aliphatic heterocycles. The van der Waals surface area contributed by atoms with Gasteiger partial charge >= 0.3 is 5.97 Å². The van der Waals surface area contributed by atoms with Gasteiger partial charge < -0.3 is 9.15 Å². The Kier molecular flexibility index (Phi) is 4.82. The van der Waals surface area contributed by atoms with Crippen LogP contribution in [0.5, 0.6) is 0 Å². The average molecular weight is 406 g/mol. The molecule has 27 heavy (non-hydrogen) atoms. The van der Waals surface area contributed by atoms with E-state index >= 15 is 0 Å². The van der Waals surface area contributed by atoms with Gasteiger partial charge in [-0.1, -0.05) is 29.6 Å². The first-order valence-electron chi connectivity index (χ1n) is 8.88. The monoisotopic (exact) mass is 405 g/mol. The predicted octanol–water partition coefficient (Wildman–Crippen LogP) is 5.45. The van der Waals surface area contributed by atoms with Gasteiger partial charge in [0.15, 0.2) is 5.58 Å². The lowest BCUT2D eigenvalue weighted by Gasteiger charge is -2.22. The second-order valence-corrected chi connectivity index (χ2v) is 7.68. The van der Waals surface area contributed by atoms with E-state index in [2.05, 4.69) is 4.98 Å². The lowest BCUT2D eigenvalue weighted by molar-refractivity contribution is 0.0210. The zero-order chi connectivity index (χ0) is 19.1. The van der Waals surface area contributed by atoms with Crippen LogP contribution in [0.2, 0.25) is 10.0 Å². The van der Waals surface area contributed by atoms with Gasteiger partial charge in [0.1, 0.15) is 6.10 Å². The number of aromatic nitrogens is 1. The molecule has 1 saturated carbocycles. The highest BCUT2D eigenvalue weighted by Crippen LogP contribution is 2.29. The zero-order valence-corrected chi connectivity index (χ0v) is 16.2. The maximum atomic E-state index is 12.9. The number of hydrogen-bond donors (Lipinski definition) is 0. The van der Waals surface area contributed by atoms with Crippen LogP contribution >= 0.6 is 23.2 Å². The van der Waals surface area contributed by atoms with E-state index in [1.165, 1.54) is 24.6 Å². The molecule has 0 amide bonds. The SMILES string of the molecule is Cc1nc2oc3c(Cl)cc(Cl)cc3c(=O)c2cc1C(=O)OC1CCCCC1. The normalized spacial score (nSPS) is 15.4. The van der Waals surface area contributed by atoms with Crippen LogP contribution in [-0.4, -0.2) is 17.1 Å². The van der Waals surface area contributed by atoms with E-state index in [9.17, 15) is 9.59 Å². The molecule has 140 valence electrons. The van der Waals surface area contributed by atoms with Crippen molar-refractivity contribution >= 4 is 51.2 Å². The molecule has 0 saturated heterocycles. The van der Waals surface area contributed by atoms with Crippen molar-refractivity contribution in [1.29, 1.82) is 0 Å². The van der Waals surface area contributed by atoms with E-state index < -0.39 is 5.97 Å². The van der Waals surface area contributed by atoms with Gasteiger partial charge in [-0.25, -0.2) is 9.78 Å². The third-order valence-electron chi connectivity index (χ3n) is 4.92. The molecular formula is C20H17Cl2NO4. The fourth-order valence-corrected chi connectivity index (χ4v) is 4.03. The third kappa shape index (κ3) is 3.42. The van der Waals surface area contributed by atoms with Crippen LogP contribution in [0.25, 0.3) is 22.1 Å². The summed E-state index contributed by atoms with van der Waals surface area (Å²) < 4.78 is 11.3. The highest BCUT2D eigenvalue weighted by atomic mass is 35.5. The van der Waals surface area contributed by atoms with E-state index in [0.29, 0.717) is 10.7 Å². The minimum absolute atomic E-state index is 0.0769. The van der Waals surface area contributed by atoms with Gasteiger partial charge in [0.25, 0.3) is 0 Å². The largest absolute Gasteiger partial charge is 0.459 e. The third-order valence-corrected chi connectivity index (χ3v) is 5.42. The Morgan fingerprint density at radius 2 is 1.89 bits per heavy atom. The molecule has 0 spiro atoms. The summed E-state index contributed by atoms with van der Waals surface area (Å²) in [6, 6.07) is 4.49. The number of hydrogen-bond acceptors (Lipinski definition) is 5. The predicted molar refractivity (Wildman–Crippen MR) is 105 cm³/mol. The lowest BCUT2D eigenvalue weighted by Crippen LogP contribution is -2.22. The summed E-state index contributed by atoms with van der Waals surface area (Å²) in [5.41, 5.74) is 0.727. The first-order valence-corrected chi connectivity index (χ1v) is 9.64. The van der Waals surface area contributed by atoms with Crippen LogP contribution in [0.4, 0.5) is 0 Å². The van der Waals surface area contributed by atoms with Gasteiger partial charge in [0.05, 0.1) is 27.1 Å². The number of rotatable bonds is 2. The molecule has 0 unspecified atom stereocenters. The van der Waals surface area contributed by atoms with Gasteiger partial charge in [-0.15, -0.1) is 0 Å². The Labute approximate surface area is 165 Å². The number of aryl methyl sites for hydroxylation is 1. The van der Waals surface area contributed by atoms with Crippen LogP contribution in [0.3, 0.4) is 0 Å². The van der Waals surface area contributed by atoms with Crippen LogP contribution < -0.4 is 5.43 Å². The molecule has 0 radical (unpaired) electrons. The van der Waals surface area contributed by atoms with E-state index in [-0.39, 0.29) is 44.2 Å². The summed E-state index contributed by atoms with van der Waals surface area (Å²) in [5, 5.41) is 1.01. The van der Waals surface area contributed by atoms with E-state index in [0.717, 1.165) is 25.7 Å². The number of ether oxygens (including phenoxy) is 1. The highest BCUT2D eigenvalue weighted by molar-refractivity contribution is 6.38. The Bertz CT molecular complexity index is 1120. The molecule has 0 N–H and O–H groups in total. The number of fused-ring (bicyclic) bond motifs is 2. The number of pyridine rings is 1. The first kappa shape index (κ1) is 18.3. The molecular weight excluding hydrogens is 389 g/mol. The first-order chi connectivity index (χ1) is 12.9. The maximum absolute atomic E-state index is 12.9. The number of esters is 1. The Morgan fingerprint density at radius 1 is 1.15 bits per heavy atom. The molecule has 3 aromatic rings.